The van der Waals surface area contributed by atoms with Crippen LogP contribution in [0.4, 0.5) is 10.5 Å². The van der Waals surface area contributed by atoms with Crippen molar-refractivity contribution >= 4 is 57.0 Å². The van der Waals surface area contributed by atoms with Crippen molar-refractivity contribution in [3.8, 4) is 17.2 Å². The summed E-state index contributed by atoms with van der Waals surface area (Å²) in [7, 11) is 1.95. The van der Waals surface area contributed by atoms with Gasteiger partial charge in [0.25, 0.3) is 5.24 Å². The molecule has 2 heterocycles. The van der Waals surface area contributed by atoms with Crippen molar-refractivity contribution in [3.05, 3.63) is 78.1 Å². The Balaban J connectivity index is 1.16. The highest BCUT2D eigenvalue weighted by Gasteiger charge is 2.31. The number of ether oxygens (including phenoxy) is 2. The molecule has 2 atom stereocenters. The smallest absolute Gasteiger partial charge is 0.286 e. The molecule has 1 aliphatic heterocycles. The molecule has 2 unspecified atom stereocenters. The van der Waals surface area contributed by atoms with Crippen LogP contribution in [0.5, 0.6) is 17.2 Å². The number of aryl methyl sites for hydroxylation is 1. The Morgan fingerprint density at radius 1 is 1.05 bits per heavy atom. The average Bonchev–Trinajstić information content (AvgIpc) is 3.49. The number of thioether (sulfide) groups is 1. The molecule has 43 heavy (non-hydrogen) atoms. The van der Waals surface area contributed by atoms with Gasteiger partial charge in [-0.1, -0.05) is 44.2 Å². The first-order chi connectivity index (χ1) is 20.8. The zero-order valence-corrected chi connectivity index (χ0v) is 26.0. The number of amides is 2. The fourth-order valence-electron chi connectivity index (χ4n) is 4.85. The maximum atomic E-state index is 11.8. The van der Waals surface area contributed by atoms with E-state index < -0.39 is 0 Å². The number of hydrogen-bond donors (Lipinski definition) is 3. The number of nitrogens with one attached hydrogen (secondary N) is 3. The van der Waals surface area contributed by atoms with Crippen LogP contribution in [0, 0.1) is 0 Å². The molecule has 0 spiro atoms. The van der Waals surface area contributed by atoms with E-state index in [1.807, 2.05) is 78.3 Å². The molecule has 9 nitrogen and oxygen atoms in total. The minimum absolute atomic E-state index is 0.239. The molecular formula is C32H35N5O4S2. The lowest BCUT2D eigenvalue weighted by atomic mass is 10.1. The SMILES string of the molecule is CCCC(CC)NC(=S)Nc1ccc(Oc2ccc3nc(COc4ccc(CC5SC(=O)NC5=O)cc4)n(C)c3c2)cc1. The van der Waals surface area contributed by atoms with Crippen LogP contribution in [0.25, 0.3) is 11.0 Å². The molecule has 1 fully saturated rings. The summed E-state index contributed by atoms with van der Waals surface area (Å²) in [5.41, 5.74) is 3.64. The molecule has 3 N–H and O–H groups in total. The fraction of sp³-hybridized carbons (Fsp3) is 0.312. The number of imide groups is 1. The van der Waals surface area contributed by atoms with E-state index in [1.165, 1.54) is 0 Å². The van der Waals surface area contributed by atoms with Gasteiger partial charge < -0.3 is 24.7 Å². The van der Waals surface area contributed by atoms with Gasteiger partial charge in [-0.25, -0.2) is 4.98 Å². The van der Waals surface area contributed by atoms with Gasteiger partial charge in [0.1, 0.15) is 29.7 Å². The second-order valence-corrected chi connectivity index (χ2v) is 12.0. The first kappa shape index (κ1) is 30.4. The van der Waals surface area contributed by atoms with Gasteiger partial charge in [-0.15, -0.1) is 0 Å². The molecule has 224 valence electrons. The Morgan fingerprint density at radius 3 is 2.44 bits per heavy atom. The zero-order valence-electron chi connectivity index (χ0n) is 24.4. The summed E-state index contributed by atoms with van der Waals surface area (Å²) in [4.78, 5) is 28.0. The molecule has 0 saturated carbocycles. The number of benzene rings is 3. The van der Waals surface area contributed by atoms with E-state index in [1.54, 1.807) is 0 Å². The zero-order chi connectivity index (χ0) is 30.3. The Labute approximate surface area is 260 Å². The van der Waals surface area contributed by atoms with E-state index >= 15 is 0 Å². The number of nitrogens with zero attached hydrogens (tertiary/aromatic N) is 2. The summed E-state index contributed by atoms with van der Waals surface area (Å²) in [5.74, 6) is 2.65. The molecule has 1 aliphatic rings. The van der Waals surface area contributed by atoms with Crippen LogP contribution in [0.15, 0.2) is 66.7 Å². The van der Waals surface area contributed by atoms with E-state index in [4.69, 9.17) is 26.7 Å². The van der Waals surface area contributed by atoms with Crippen LogP contribution in [0.1, 0.15) is 44.5 Å². The van der Waals surface area contributed by atoms with Gasteiger partial charge >= 0.3 is 0 Å². The van der Waals surface area contributed by atoms with Gasteiger partial charge in [0.05, 0.1) is 16.3 Å². The molecule has 0 bridgehead atoms. The van der Waals surface area contributed by atoms with Crippen molar-refractivity contribution in [2.24, 2.45) is 7.05 Å². The largest absolute Gasteiger partial charge is 0.486 e. The molecule has 0 aliphatic carbocycles. The minimum Gasteiger partial charge on any atom is -0.486 e. The standard InChI is InChI=1S/C32H35N5O4S2/c1-4-6-21(5-2)33-31(42)34-22-9-13-24(14-10-22)41-25-15-16-26-27(18-25)37(3)29(35-26)19-40-23-11-7-20(8-12-23)17-28-30(38)36-32(39)43-28/h7-16,18,21,28H,4-6,17,19H2,1-3H3,(H2,33,34,42)(H,36,38,39). The van der Waals surface area contributed by atoms with Crippen LogP contribution in [0.3, 0.4) is 0 Å². The van der Waals surface area contributed by atoms with Crippen molar-refractivity contribution in [2.75, 3.05) is 5.32 Å². The number of fused-ring (bicyclic) bond motifs is 1. The lowest BCUT2D eigenvalue weighted by Gasteiger charge is -2.19. The minimum atomic E-state index is -0.389. The van der Waals surface area contributed by atoms with Gasteiger partial charge in [0.15, 0.2) is 5.11 Å². The molecule has 5 rings (SSSR count). The fourth-order valence-corrected chi connectivity index (χ4v) is 5.99. The number of aromatic nitrogens is 2. The third kappa shape index (κ3) is 7.85. The van der Waals surface area contributed by atoms with Crippen LogP contribution in [-0.4, -0.2) is 37.1 Å². The number of imidazole rings is 1. The molecule has 2 amide bonds. The van der Waals surface area contributed by atoms with Crippen molar-refractivity contribution in [1.82, 2.24) is 20.2 Å². The maximum Gasteiger partial charge on any atom is 0.286 e. The Morgan fingerprint density at radius 2 is 1.77 bits per heavy atom. The van der Waals surface area contributed by atoms with E-state index in [9.17, 15) is 9.59 Å². The van der Waals surface area contributed by atoms with Crippen molar-refractivity contribution in [2.45, 2.75) is 57.4 Å². The van der Waals surface area contributed by atoms with Gasteiger partial charge in [-0.2, -0.15) is 0 Å². The number of thiocarbonyl (C=S) groups is 1. The van der Waals surface area contributed by atoms with E-state index in [-0.39, 0.29) is 16.4 Å². The number of hydrogen-bond acceptors (Lipinski definition) is 7. The van der Waals surface area contributed by atoms with Crippen LogP contribution in [0.2, 0.25) is 0 Å². The molecule has 11 heteroatoms. The first-order valence-electron chi connectivity index (χ1n) is 14.3. The Bertz CT molecular complexity index is 1600. The topological polar surface area (TPSA) is 107 Å². The molecule has 3 aromatic carbocycles. The van der Waals surface area contributed by atoms with E-state index in [2.05, 4.69) is 29.8 Å². The summed E-state index contributed by atoms with van der Waals surface area (Å²) in [6, 6.07) is 21.4. The molecule has 1 saturated heterocycles. The molecule has 4 aromatic rings. The molecular weight excluding hydrogens is 583 g/mol. The molecule has 1 aromatic heterocycles. The summed E-state index contributed by atoms with van der Waals surface area (Å²) < 4.78 is 14.1. The third-order valence-electron chi connectivity index (χ3n) is 7.24. The van der Waals surface area contributed by atoms with Gasteiger partial charge in [0, 0.05) is 24.8 Å². The highest BCUT2D eigenvalue weighted by Crippen LogP contribution is 2.28. The highest BCUT2D eigenvalue weighted by molar-refractivity contribution is 8.15. The van der Waals surface area contributed by atoms with Gasteiger partial charge in [-0.05, 0) is 85.6 Å². The van der Waals surface area contributed by atoms with Crippen molar-refractivity contribution < 1.29 is 19.1 Å². The van der Waals surface area contributed by atoms with Crippen molar-refractivity contribution in [3.63, 3.8) is 0 Å². The second-order valence-electron chi connectivity index (χ2n) is 10.4. The van der Waals surface area contributed by atoms with Gasteiger partial charge in [0.2, 0.25) is 5.91 Å². The first-order valence-corrected chi connectivity index (χ1v) is 15.6. The summed E-state index contributed by atoms with van der Waals surface area (Å²) in [6.45, 7) is 4.63. The normalized spacial score (nSPS) is 15.3. The number of rotatable bonds is 12. The average molecular weight is 618 g/mol. The summed E-state index contributed by atoms with van der Waals surface area (Å²) >= 11 is 6.51. The lowest BCUT2D eigenvalue weighted by molar-refractivity contribution is -0.118. The third-order valence-corrected chi connectivity index (χ3v) is 8.44. The van der Waals surface area contributed by atoms with Crippen molar-refractivity contribution in [1.29, 1.82) is 0 Å². The van der Waals surface area contributed by atoms with Crippen LogP contribution in [-0.2, 0) is 24.9 Å². The highest BCUT2D eigenvalue weighted by atomic mass is 32.2. The maximum absolute atomic E-state index is 11.8. The number of anilines is 1. The summed E-state index contributed by atoms with van der Waals surface area (Å²) in [6.07, 6.45) is 3.72. The lowest BCUT2D eigenvalue weighted by Crippen LogP contribution is -2.37. The number of carbonyl (C=O) groups excluding carboxylic acids is 2. The monoisotopic (exact) mass is 617 g/mol. The van der Waals surface area contributed by atoms with E-state index in [0.29, 0.717) is 41.4 Å². The predicted octanol–water partition coefficient (Wildman–Crippen LogP) is 6.70. The Kier molecular flexibility index (Phi) is 9.83. The molecule has 0 radical (unpaired) electrons. The second kappa shape index (κ2) is 13.9. The predicted molar refractivity (Wildman–Crippen MR) is 175 cm³/mol. The summed E-state index contributed by atoms with van der Waals surface area (Å²) in [5, 5.41) is 8.89. The van der Waals surface area contributed by atoms with Crippen LogP contribution >= 0.6 is 24.0 Å². The number of carbonyl (C=O) groups is 2. The van der Waals surface area contributed by atoms with Gasteiger partial charge in [-0.3, -0.25) is 14.9 Å². The van der Waals surface area contributed by atoms with Crippen LogP contribution < -0.4 is 25.4 Å². The van der Waals surface area contributed by atoms with E-state index in [0.717, 1.165) is 59.1 Å². The Hall–Kier alpha value is -4.09. The quantitative estimate of drug-likeness (QED) is 0.150.